The average Bonchev–Trinajstić information content (AvgIpc) is 3.00. The summed E-state index contributed by atoms with van der Waals surface area (Å²) >= 11 is 1.58. The van der Waals surface area contributed by atoms with Crippen molar-refractivity contribution in [3.05, 3.63) is 46.7 Å². The van der Waals surface area contributed by atoms with Crippen molar-refractivity contribution in [1.29, 1.82) is 5.26 Å². The van der Waals surface area contributed by atoms with E-state index >= 15 is 0 Å². The van der Waals surface area contributed by atoms with Gasteiger partial charge in [-0.3, -0.25) is 0 Å². The molecule has 0 unspecified atom stereocenters. The van der Waals surface area contributed by atoms with E-state index in [2.05, 4.69) is 20.6 Å². The van der Waals surface area contributed by atoms with Crippen molar-refractivity contribution >= 4 is 22.4 Å². The number of hydrogen-bond acceptors (Lipinski definition) is 4. The molecule has 0 saturated heterocycles. The van der Waals surface area contributed by atoms with Gasteiger partial charge in [0.05, 0.1) is 41.3 Å². The number of para-hydroxylation sites is 2. The van der Waals surface area contributed by atoms with Gasteiger partial charge in [0.2, 0.25) is 0 Å². The van der Waals surface area contributed by atoms with Crippen LogP contribution < -0.4 is 0 Å². The van der Waals surface area contributed by atoms with Crippen molar-refractivity contribution < 1.29 is 0 Å². The first-order chi connectivity index (χ1) is 8.88. The van der Waals surface area contributed by atoms with Crippen molar-refractivity contribution in [2.24, 2.45) is 0 Å². The molecule has 0 amide bonds. The Hall–Kier alpha value is -2.19. The van der Waals surface area contributed by atoms with E-state index in [9.17, 15) is 0 Å². The summed E-state index contributed by atoms with van der Waals surface area (Å²) in [6.45, 7) is 0.668. The number of nitrogens with zero attached hydrogens (tertiary/aromatic N) is 4. The standard InChI is InChI=1S/C13H10N4S/c14-6-5-13-16-11-3-1-2-4-12(11)17(13)7-10-8-18-9-15-10/h1-4,8-9H,5,7H2. The lowest BCUT2D eigenvalue weighted by atomic mass is 10.3. The molecule has 5 heteroatoms. The van der Waals surface area contributed by atoms with Crippen LogP contribution in [0.25, 0.3) is 11.0 Å². The van der Waals surface area contributed by atoms with Gasteiger partial charge in [0.1, 0.15) is 5.82 Å². The highest BCUT2D eigenvalue weighted by Gasteiger charge is 2.10. The molecule has 3 aromatic rings. The van der Waals surface area contributed by atoms with Gasteiger partial charge in [-0.15, -0.1) is 11.3 Å². The van der Waals surface area contributed by atoms with Gasteiger partial charge in [0.15, 0.2) is 0 Å². The lowest BCUT2D eigenvalue weighted by Gasteiger charge is -2.04. The molecule has 0 aliphatic carbocycles. The number of hydrogen-bond donors (Lipinski definition) is 0. The highest BCUT2D eigenvalue weighted by molar-refractivity contribution is 7.07. The fraction of sp³-hybridized carbons (Fsp3) is 0.154. The van der Waals surface area contributed by atoms with Crippen molar-refractivity contribution in [3.8, 4) is 6.07 Å². The zero-order chi connectivity index (χ0) is 12.4. The van der Waals surface area contributed by atoms with E-state index in [0.717, 1.165) is 22.6 Å². The summed E-state index contributed by atoms with van der Waals surface area (Å²) < 4.78 is 2.06. The monoisotopic (exact) mass is 254 g/mol. The van der Waals surface area contributed by atoms with Gasteiger partial charge in [-0.05, 0) is 12.1 Å². The second-order valence-corrected chi connectivity index (χ2v) is 4.64. The number of benzene rings is 1. The molecule has 0 aliphatic heterocycles. The highest BCUT2D eigenvalue weighted by Crippen LogP contribution is 2.18. The summed E-state index contributed by atoms with van der Waals surface area (Å²) in [5.41, 5.74) is 4.80. The maximum Gasteiger partial charge on any atom is 0.124 e. The van der Waals surface area contributed by atoms with Crippen LogP contribution in [0.3, 0.4) is 0 Å². The number of imidazole rings is 1. The Kier molecular flexibility index (Phi) is 2.79. The lowest BCUT2D eigenvalue weighted by Crippen LogP contribution is -2.04. The molecule has 1 aromatic carbocycles. The van der Waals surface area contributed by atoms with Crippen LogP contribution >= 0.6 is 11.3 Å². The van der Waals surface area contributed by atoms with Gasteiger partial charge in [-0.1, -0.05) is 12.1 Å². The average molecular weight is 254 g/mol. The molecule has 0 aliphatic rings. The van der Waals surface area contributed by atoms with Crippen LogP contribution in [0, 0.1) is 11.3 Å². The molecule has 2 aromatic heterocycles. The largest absolute Gasteiger partial charge is 0.321 e. The Bertz CT molecular complexity index is 706. The Balaban J connectivity index is 2.12. The SMILES string of the molecule is N#CCc1nc2ccccc2n1Cc1cscn1. The van der Waals surface area contributed by atoms with Crippen molar-refractivity contribution in [3.63, 3.8) is 0 Å². The highest BCUT2D eigenvalue weighted by atomic mass is 32.1. The first-order valence-corrected chi connectivity index (χ1v) is 6.51. The normalized spacial score (nSPS) is 10.6. The molecule has 0 atom stereocenters. The molecular formula is C13H10N4S. The third-order valence-electron chi connectivity index (χ3n) is 2.77. The van der Waals surface area contributed by atoms with Crippen molar-refractivity contribution in [1.82, 2.24) is 14.5 Å². The molecule has 2 heterocycles. The molecule has 0 fully saturated rings. The molecule has 0 bridgehead atoms. The van der Waals surface area contributed by atoms with Crippen LogP contribution in [0.15, 0.2) is 35.2 Å². The van der Waals surface area contributed by atoms with E-state index in [1.165, 1.54) is 0 Å². The van der Waals surface area contributed by atoms with E-state index in [4.69, 9.17) is 5.26 Å². The zero-order valence-corrected chi connectivity index (χ0v) is 10.4. The van der Waals surface area contributed by atoms with Gasteiger partial charge in [0, 0.05) is 5.38 Å². The summed E-state index contributed by atoms with van der Waals surface area (Å²) in [6, 6.07) is 10.1. The summed E-state index contributed by atoms with van der Waals surface area (Å²) in [5, 5.41) is 10.9. The Morgan fingerprint density at radius 1 is 1.33 bits per heavy atom. The predicted molar refractivity (Wildman–Crippen MR) is 70.3 cm³/mol. The van der Waals surface area contributed by atoms with Crippen LogP contribution in [-0.4, -0.2) is 14.5 Å². The van der Waals surface area contributed by atoms with Crippen LogP contribution in [0.5, 0.6) is 0 Å². The van der Waals surface area contributed by atoms with Crippen molar-refractivity contribution in [2.45, 2.75) is 13.0 Å². The Morgan fingerprint density at radius 3 is 3.00 bits per heavy atom. The Labute approximate surface area is 108 Å². The van der Waals surface area contributed by atoms with Crippen LogP contribution in [0.1, 0.15) is 11.5 Å². The molecule has 0 saturated carbocycles. The maximum atomic E-state index is 8.88. The molecule has 0 N–H and O–H groups in total. The number of aromatic nitrogens is 3. The summed E-state index contributed by atoms with van der Waals surface area (Å²) in [6.07, 6.45) is 0.318. The number of fused-ring (bicyclic) bond motifs is 1. The topological polar surface area (TPSA) is 54.5 Å². The van der Waals surface area contributed by atoms with Gasteiger partial charge < -0.3 is 4.57 Å². The molecule has 4 nitrogen and oxygen atoms in total. The van der Waals surface area contributed by atoms with E-state index in [0.29, 0.717) is 13.0 Å². The van der Waals surface area contributed by atoms with E-state index in [-0.39, 0.29) is 0 Å². The maximum absolute atomic E-state index is 8.88. The van der Waals surface area contributed by atoms with Crippen molar-refractivity contribution in [2.75, 3.05) is 0 Å². The lowest BCUT2D eigenvalue weighted by molar-refractivity contribution is 0.755. The first-order valence-electron chi connectivity index (χ1n) is 5.56. The second-order valence-electron chi connectivity index (χ2n) is 3.92. The molecule has 88 valence electrons. The number of nitriles is 1. The third-order valence-corrected chi connectivity index (χ3v) is 3.41. The minimum Gasteiger partial charge on any atom is -0.321 e. The molecule has 3 rings (SSSR count). The van der Waals surface area contributed by atoms with Crippen LogP contribution in [0.2, 0.25) is 0 Å². The van der Waals surface area contributed by atoms with E-state index in [1.54, 1.807) is 11.3 Å². The zero-order valence-electron chi connectivity index (χ0n) is 9.58. The first kappa shape index (κ1) is 10.9. The summed E-state index contributed by atoms with van der Waals surface area (Å²) in [4.78, 5) is 8.79. The summed E-state index contributed by atoms with van der Waals surface area (Å²) in [5.74, 6) is 0.798. The fourth-order valence-corrected chi connectivity index (χ4v) is 2.53. The summed E-state index contributed by atoms with van der Waals surface area (Å²) in [7, 11) is 0. The predicted octanol–water partition coefficient (Wildman–Crippen LogP) is 2.61. The quantitative estimate of drug-likeness (QED) is 0.722. The molecule has 18 heavy (non-hydrogen) atoms. The van der Waals surface area contributed by atoms with Crippen LogP contribution in [-0.2, 0) is 13.0 Å². The molecular weight excluding hydrogens is 244 g/mol. The van der Waals surface area contributed by atoms with Gasteiger partial charge in [-0.2, -0.15) is 5.26 Å². The number of thiazole rings is 1. The second kappa shape index (κ2) is 4.59. The van der Waals surface area contributed by atoms with E-state index < -0.39 is 0 Å². The van der Waals surface area contributed by atoms with Gasteiger partial charge in [0.25, 0.3) is 0 Å². The minimum absolute atomic E-state index is 0.318. The smallest absolute Gasteiger partial charge is 0.124 e. The van der Waals surface area contributed by atoms with E-state index in [1.807, 2.05) is 35.2 Å². The van der Waals surface area contributed by atoms with Gasteiger partial charge >= 0.3 is 0 Å². The van der Waals surface area contributed by atoms with Crippen LogP contribution in [0.4, 0.5) is 0 Å². The molecule has 0 spiro atoms. The third kappa shape index (κ3) is 1.87. The van der Waals surface area contributed by atoms with Gasteiger partial charge in [-0.25, -0.2) is 9.97 Å². The number of rotatable bonds is 3. The minimum atomic E-state index is 0.318. The fourth-order valence-electron chi connectivity index (χ4n) is 1.99. The molecule has 0 radical (unpaired) electrons. The Morgan fingerprint density at radius 2 is 2.22 bits per heavy atom.